The van der Waals surface area contributed by atoms with Gasteiger partial charge in [-0.1, -0.05) is 5.10 Å². The molecule has 0 amide bonds. The fraction of sp³-hybridized carbons (Fsp3) is 0.750. The van der Waals surface area contributed by atoms with Crippen LogP contribution in [0.5, 0.6) is 0 Å². The number of aryl methyl sites for hydroxylation is 1. The highest BCUT2D eigenvalue weighted by molar-refractivity contribution is 5.69. The van der Waals surface area contributed by atoms with E-state index in [1.54, 1.807) is 14.0 Å². The summed E-state index contributed by atoms with van der Waals surface area (Å²) in [6.07, 6.45) is 1.11. The lowest BCUT2D eigenvalue weighted by atomic mass is 10.3. The first-order valence-corrected chi connectivity index (χ1v) is 4.86. The minimum atomic E-state index is -0.171. The number of hydrogen-bond donors (Lipinski definition) is 1. The highest BCUT2D eigenvalue weighted by atomic mass is 16.5. The predicted octanol–water partition coefficient (Wildman–Crippen LogP) is -0.0347. The molecule has 0 saturated heterocycles. The van der Waals surface area contributed by atoms with Crippen molar-refractivity contribution in [2.24, 2.45) is 7.05 Å². The summed E-state index contributed by atoms with van der Waals surface area (Å²) in [5.74, 6) is 0.425. The number of esters is 1. The van der Waals surface area contributed by atoms with Crippen LogP contribution in [0.15, 0.2) is 0 Å². The van der Waals surface area contributed by atoms with Crippen LogP contribution in [0.25, 0.3) is 0 Å². The van der Waals surface area contributed by atoms with Gasteiger partial charge >= 0.3 is 5.97 Å². The van der Waals surface area contributed by atoms with Gasteiger partial charge in [0, 0.05) is 20.0 Å². The van der Waals surface area contributed by atoms with Crippen LogP contribution < -0.4 is 5.32 Å². The summed E-state index contributed by atoms with van der Waals surface area (Å²) in [5, 5.41) is 13.9. The molecule has 84 valence electrons. The maximum absolute atomic E-state index is 11.0. The normalized spacial score (nSPS) is 10.0. The van der Waals surface area contributed by atoms with E-state index in [0.717, 1.165) is 0 Å². The van der Waals surface area contributed by atoms with Crippen molar-refractivity contribution in [3.05, 3.63) is 0 Å². The van der Waals surface area contributed by atoms with Gasteiger partial charge in [-0.05, 0) is 23.8 Å². The van der Waals surface area contributed by atoms with Gasteiger partial charge in [-0.3, -0.25) is 4.79 Å². The smallest absolute Gasteiger partial charge is 0.305 e. The molecule has 0 aliphatic carbocycles. The van der Waals surface area contributed by atoms with Crippen LogP contribution in [0.3, 0.4) is 0 Å². The summed E-state index contributed by atoms with van der Waals surface area (Å²) in [5.41, 5.74) is 0. The summed E-state index contributed by atoms with van der Waals surface area (Å²) in [6, 6.07) is 0. The standard InChI is InChI=1S/C8H15N5O2/c1-3-15-7(14)5-4-6-9-8-10-11-12-13(8)2/h3-6H2,1-2H3,(H,9,10,12). The fourth-order valence-corrected chi connectivity index (χ4v) is 1.05. The summed E-state index contributed by atoms with van der Waals surface area (Å²) in [4.78, 5) is 11.0. The third-order valence-corrected chi connectivity index (χ3v) is 1.77. The lowest BCUT2D eigenvalue weighted by molar-refractivity contribution is -0.143. The number of anilines is 1. The molecule has 0 bridgehead atoms. The molecule has 1 rings (SSSR count). The third-order valence-electron chi connectivity index (χ3n) is 1.77. The highest BCUT2D eigenvalue weighted by Gasteiger charge is 2.02. The molecule has 0 spiro atoms. The first-order chi connectivity index (χ1) is 7.24. The molecule has 0 saturated carbocycles. The quantitative estimate of drug-likeness (QED) is 0.527. The van der Waals surface area contributed by atoms with Crippen molar-refractivity contribution in [2.45, 2.75) is 19.8 Å². The van der Waals surface area contributed by atoms with E-state index in [4.69, 9.17) is 4.74 Å². The molecule has 7 heteroatoms. The van der Waals surface area contributed by atoms with E-state index < -0.39 is 0 Å². The number of nitrogens with one attached hydrogen (secondary N) is 1. The topological polar surface area (TPSA) is 81.9 Å². The van der Waals surface area contributed by atoms with Gasteiger partial charge in [0.2, 0.25) is 5.95 Å². The molecule has 1 N–H and O–H groups in total. The predicted molar refractivity (Wildman–Crippen MR) is 53.2 cm³/mol. The average Bonchev–Trinajstić information content (AvgIpc) is 2.60. The average molecular weight is 213 g/mol. The molecular formula is C8H15N5O2. The SMILES string of the molecule is CCOC(=O)CCCNc1nnnn1C. The van der Waals surface area contributed by atoms with Crippen LogP contribution >= 0.6 is 0 Å². The second kappa shape index (κ2) is 5.94. The van der Waals surface area contributed by atoms with Crippen LogP contribution in [0, 0.1) is 0 Å². The molecule has 0 aromatic carbocycles. The summed E-state index contributed by atoms with van der Waals surface area (Å²) < 4.78 is 6.32. The molecule has 1 heterocycles. The van der Waals surface area contributed by atoms with E-state index in [2.05, 4.69) is 20.8 Å². The third kappa shape index (κ3) is 3.92. The van der Waals surface area contributed by atoms with Crippen LogP contribution in [-0.4, -0.2) is 39.3 Å². The summed E-state index contributed by atoms with van der Waals surface area (Å²) >= 11 is 0. The Balaban J connectivity index is 2.12. The lowest BCUT2D eigenvalue weighted by Gasteiger charge is -2.03. The Bertz CT molecular complexity index is 312. The molecule has 15 heavy (non-hydrogen) atoms. The number of nitrogens with zero attached hydrogens (tertiary/aromatic N) is 4. The monoisotopic (exact) mass is 213 g/mol. The Kier molecular flexibility index (Phi) is 4.52. The molecule has 1 aromatic rings. The van der Waals surface area contributed by atoms with Gasteiger partial charge in [0.25, 0.3) is 0 Å². The number of carbonyl (C=O) groups is 1. The molecule has 0 aliphatic heterocycles. The van der Waals surface area contributed by atoms with Crippen LogP contribution in [0.4, 0.5) is 5.95 Å². The van der Waals surface area contributed by atoms with Crippen molar-refractivity contribution in [2.75, 3.05) is 18.5 Å². The number of tetrazole rings is 1. The first-order valence-electron chi connectivity index (χ1n) is 4.86. The van der Waals surface area contributed by atoms with Gasteiger partial charge in [0.1, 0.15) is 0 Å². The second-order valence-corrected chi connectivity index (χ2v) is 2.96. The molecule has 0 radical (unpaired) electrons. The number of hydrogen-bond acceptors (Lipinski definition) is 6. The summed E-state index contributed by atoms with van der Waals surface area (Å²) in [7, 11) is 1.74. The first kappa shape index (κ1) is 11.4. The molecule has 0 unspecified atom stereocenters. The zero-order valence-corrected chi connectivity index (χ0v) is 8.93. The van der Waals surface area contributed by atoms with Crippen molar-refractivity contribution in [1.82, 2.24) is 20.2 Å². The van der Waals surface area contributed by atoms with Gasteiger partial charge in [0.05, 0.1) is 6.61 Å². The zero-order valence-electron chi connectivity index (χ0n) is 8.93. The Hall–Kier alpha value is -1.66. The van der Waals surface area contributed by atoms with Crippen molar-refractivity contribution >= 4 is 11.9 Å². The van der Waals surface area contributed by atoms with Crippen molar-refractivity contribution in [1.29, 1.82) is 0 Å². The Morgan fingerprint density at radius 1 is 1.60 bits per heavy atom. The highest BCUT2D eigenvalue weighted by Crippen LogP contribution is 1.98. The minimum Gasteiger partial charge on any atom is -0.466 e. The minimum absolute atomic E-state index is 0.171. The van der Waals surface area contributed by atoms with Crippen LogP contribution in [0.2, 0.25) is 0 Å². The van der Waals surface area contributed by atoms with Gasteiger partial charge in [-0.15, -0.1) is 0 Å². The number of ether oxygens (including phenoxy) is 1. The number of rotatable bonds is 6. The van der Waals surface area contributed by atoms with E-state index in [9.17, 15) is 4.79 Å². The van der Waals surface area contributed by atoms with Crippen molar-refractivity contribution in [3.63, 3.8) is 0 Å². The zero-order chi connectivity index (χ0) is 11.1. The van der Waals surface area contributed by atoms with Crippen LogP contribution in [0.1, 0.15) is 19.8 Å². The fourth-order valence-electron chi connectivity index (χ4n) is 1.05. The van der Waals surface area contributed by atoms with Crippen LogP contribution in [-0.2, 0) is 16.6 Å². The van der Waals surface area contributed by atoms with Gasteiger partial charge < -0.3 is 10.1 Å². The summed E-state index contributed by atoms with van der Waals surface area (Å²) in [6.45, 7) is 2.87. The molecule has 0 aliphatic rings. The van der Waals surface area contributed by atoms with Gasteiger partial charge in [-0.25, -0.2) is 4.68 Å². The lowest BCUT2D eigenvalue weighted by Crippen LogP contribution is -2.10. The van der Waals surface area contributed by atoms with Crippen molar-refractivity contribution in [3.8, 4) is 0 Å². The number of carbonyl (C=O) groups excluding carboxylic acids is 1. The van der Waals surface area contributed by atoms with Crippen molar-refractivity contribution < 1.29 is 9.53 Å². The van der Waals surface area contributed by atoms with E-state index in [1.165, 1.54) is 4.68 Å². The Morgan fingerprint density at radius 2 is 2.40 bits per heavy atom. The molecule has 0 atom stereocenters. The largest absolute Gasteiger partial charge is 0.466 e. The van der Waals surface area contributed by atoms with E-state index >= 15 is 0 Å². The molecular weight excluding hydrogens is 198 g/mol. The van der Waals surface area contributed by atoms with E-state index in [0.29, 0.717) is 31.9 Å². The van der Waals surface area contributed by atoms with E-state index in [1.807, 2.05) is 0 Å². The Labute approximate surface area is 87.8 Å². The maximum Gasteiger partial charge on any atom is 0.305 e. The second-order valence-electron chi connectivity index (χ2n) is 2.96. The molecule has 1 aromatic heterocycles. The number of aromatic nitrogens is 4. The Morgan fingerprint density at radius 3 is 3.00 bits per heavy atom. The maximum atomic E-state index is 11.0. The molecule has 7 nitrogen and oxygen atoms in total. The van der Waals surface area contributed by atoms with Gasteiger partial charge in [0.15, 0.2) is 0 Å². The van der Waals surface area contributed by atoms with E-state index in [-0.39, 0.29) is 5.97 Å². The molecule has 0 fully saturated rings. The van der Waals surface area contributed by atoms with Gasteiger partial charge in [-0.2, -0.15) is 0 Å².